The maximum Gasteiger partial charge on any atom is 0.0594 e. The van der Waals surface area contributed by atoms with Gasteiger partial charge in [0.25, 0.3) is 0 Å². The summed E-state index contributed by atoms with van der Waals surface area (Å²) in [5.41, 5.74) is 0. The van der Waals surface area contributed by atoms with Gasteiger partial charge in [0.1, 0.15) is 0 Å². The minimum atomic E-state index is 0.702. The van der Waals surface area contributed by atoms with Gasteiger partial charge in [0.15, 0.2) is 0 Å². The summed E-state index contributed by atoms with van der Waals surface area (Å²) in [6.07, 6.45) is 2.57. The summed E-state index contributed by atoms with van der Waals surface area (Å²) < 4.78 is 5.41. The van der Waals surface area contributed by atoms with Crippen LogP contribution in [0.15, 0.2) is 0 Å². The molecule has 1 aliphatic rings. The zero-order valence-electron chi connectivity index (χ0n) is 11.2. The van der Waals surface area contributed by atoms with Gasteiger partial charge in [-0.05, 0) is 18.9 Å². The number of nitrogens with zero attached hydrogens (tertiary/aromatic N) is 1. The van der Waals surface area contributed by atoms with Gasteiger partial charge in [-0.25, -0.2) is 0 Å². The zero-order chi connectivity index (χ0) is 11.8. The molecule has 1 atom stereocenters. The van der Waals surface area contributed by atoms with Crippen molar-refractivity contribution in [2.75, 3.05) is 39.4 Å². The van der Waals surface area contributed by atoms with Crippen molar-refractivity contribution in [3.8, 4) is 0 Å². The summed E-state index contributed by atoms with van der Waals surface area (Å²) in [7, 11) is 0. The van der Waals surface area contributed by atoms with E-state index in [4.69, 9.17) is 4.74 Å². The fourth-order valence-electron chi connectivity index (χ4n) is 2.23. The highest BCUT2D eigenvalue weighted by atomic mass is 16.5. The van der Waals surface area contributed by atoms with E-state index in [2.05, 4.69) is 31.0 Å². The standard InChI is InChI=1S/C13H28N2O/c1-4-5-13(11-14-10-12(2)3)15-6-8-16-9-7-15/h12-14H,4-11H2,1-3H3. The fraction of sp³-hybridized carbons (Fsp3) is 1.00. The van der Waals surface area contributed by atoms with Crippen LogP contribution in [0.3, 0.4) is 0 Å². The minimum Gasteiger partial charge on any atom is -0.379 e. The van der Waals surface area contributed by atoms with Gasteiger partial charge in [-0.3, -0.25) is 4.90 Å². The predicted molar refractivity (Wildman–Crippen MR) is 68.8 cm³/mol. The largest absolute Gasteiger partial charge is 0.379 e. The molecule has 0 aromatic carbocycles. The van der Waals surface area contributed by atoms with Gasteiger partial charge in [0.05, 0.1) is 13.2 Å². The Labute approximate surface area is 101 Å². The Bertz CT molecular complexity index is 167. The molecule has 0 aromatic rings. The van der Waals surface area contributed by atoms with Crippen molar-refractivity contribution >= 4 is 0 Å². The van der Waals surface area contributed by atoms with Crippen molar-refractivity contribution in [2.24, 2.45) is 5.92 Å². The topological polar surface area (TPSA) is 24.5 Å². The first-order valence-electron chi connectivity index (χ1n) is 6.76. The Hall–Kier alpha value is -0.120. The van der Waals surface area contributed by atoms with Gasteiger partial charge in [0.2, 0.25) is 0 Å². The molecular formula is C13H28N2O. The molecule has 0 spiro atoms. The van der Waals surface area contributed by atoms with E-state index in [1.54, 1.807) is 0 Å². The monoisotopic (exact) mass is 228 g/mol. The molecule has 96 valence electrons. The molecule has 1 fully saturated rings. The van der Waals surface area contributed by atoms with Crippen LogP contribution in [0.2, 0.25) is 0 Å². The van der Waals surface area contributed by atoms with E-state index >= 15 is 0 Å². The first kappa shape index (κ1) is 13.9. The maximum atomic E-state index is 5.41. The van der Waals surface area contributed by atoms with Crippen molar-refractivity contribution < 1.29 is 4.74 Å². The highest BCUT2D eigenvalue weighted by Crippen LogP contribution is 2.09. The molecule has 1 N–H and O–H groups in total. The third-order valence-electron chi connectivity index (χ3n) is 3.12. The Morgan fingerprint density at radius 2 is 1.88 bits per heavy atom. The van der Waals surface area contributed by atoms with E-state index in [1.807, 2.05) is 0 Å². The number of rotatable bonds is 7. The summed E-state index contributed by atoms with van der Waals surface area (Å²) in [6, 6.07) is 0.702. The molecule has 0 bridgehead atoms. The Morgan fingerprint density at radius 3 is 2.44 bits per heavy atom. The van der Waals surface area contributed by atoms with Gasteiger partial charge in [0, 0.05) is 25.7 Å². The van der Waals surface area contributed by atoms with Crippen LogP contribution in [0.25, 0.3) is 0 Å². The molecule has 16 heavy (non-hydrogen) atoms. The molecule has 1 rings (SSSR count). The number of ether oxygens (including phenoxy) is 1. The molecule has 1 unspecified atom stereocenters. The smallest absolute Gasteiger partial charge is 0.0594 e. The van der Waals surface area contributed by atoms with E-state index in [-0.39, 0.29) is 0 Å². The number of hydrogen-bond donors (Lipinski definition) is 1. The molecule has 1 aliphatic heterocycles. The van der Waals surface area contributed by atoms with Gasteiger partial charge in [-0.15, -0.1) is 0 Å². The van der Waals surface area contributed by atoms with E-state index in [9.17, 15) is 0 Å². The van der Waals surface area contributed by atoms with Crippen LogP contribution in [-0.4, -0.2) is 50.3 Å². The van der Waals surface area contributed by atoms with Crippen LogP contribution in [0.5, 0.6) is 0 Å². The van der Waals surface area contributed by atoms with Gasteiger partial charge < -0.3 is 10.1 Å². The molecule has 0 amide bonds. The molecule has 3 nitrogen and oxygen atoms in total. The highest BCUT2D eigenvalue weighted by molar-refractivity contribution is 4.76. The van der Waals surface area contributed by atoms with Crippen LogP contribution >= 0.6 is 0 Å². The summed E-state index contributed by atoms with van der Waals surface area (Å²) >= 11 is 0. The molecule has 0 aromatic heterocycles. The maximum absolute atomic E-state index is 5.41. The summed E-state index contributed by atoms with van der Waals surface area (Å²) in [4.78, 5) is 2.58. The predicted octanol–water partition coefficient (Wildman–Crippen LogP) is 1.73. The Morgan fingerprint density at radius 1 is 1.19 bits per heavy atom. The van der Waals surface area contributed by atoms with Gasteiger partial charge in [-0.2, -0.15) is 0 Å². The second-order valence-corrected chi connectivity index (χ2v) is 5.14. The fourth-order valence-corrected chi connectivity index (χ4v) is 2.23. The second kappa shape index (κ2) is 8.04. The lowest BCUT2D eigenvalue weighted by Crippen LogP contribution is -2.48. The quantitative estimate of drug-likeness (QED) is 0.718. The minimum absolute atomic E-state index is 0.702. The normalized spacial score (nSPS) is 20.2. The van der Waals surface area contributed by atoms with E-state index in [1.165, 1.54) is 12.8 Å². The third kappa shape index (κ3) is 5.28. The van der Waals surface area contributed by atoms with Crippen LogP contribution in [-0.2, 0) is 4.74 Å². The van der Waals surface area contributed by atoms with Crippen LogP contribution in [0.1, 0.15) is 33.6 Å². The highest BCUT2D eigenvalue weighted by Gasteiger charge is 2.19. The Kier molecular flexibility index (Phi) is 7.01. The Balaban J connectivity index is 2.27. The van der Waals surface area contributed by atoms with Crippen LogP contribution < -0.4 is 5.32 Å². The van der Waals surface area contributed by atoms with Crippen LogP contribution in [0.4, 0.5) is 0 Å². The lowest BCUT2D eigenvalue weighted by atomic mass is 10.1. The molecule has 0 aliphatic carbocycles. The van der Waals surface area contributed by atoms with Crippen molar-refractivity contribution in [1.29, 1.82) is 0 Å². The SMILES string of the molecule is CCCC(CNCC(C)C)N1CCOCC1. The van der Waals surface area contributed by atoms with E-state index in [0.29, 0.717) is 6.04 Å². The second-order valence-electron chi connectivity index (χ2n) is 5.14. The number of hydrogen-bond acceptors (Lipinski definition) is 3. The number of nitrogens with one attached hydrogen (secondary N) is 1. The summed E-state index contributed by atoms with van der Waals surface area (Å²) in [5.74, 6) is 0.743. The number of morpholine rings is 1. The molecule has 1 saturated heterocycles. The average molecular weight is 228 g/mol. The molecule has 1 heterocycles. The molecule has 0 radical (unpaired) electrons. The molecule has 3 heteroatoms. The average Bonchev–Trinajstić information content (AvgIpc) is 2.29. The first-order chi connectivity index (χ1) is 7.74. The van der Waals surface area contributed by atoms with Gasteiger partial charge >= 0.3 is 0 Å². The van der Waals surface area contributed by atoms with Crippen molar-refractivity contribution in [3.63, 3.8) is 0 Å². The third-order valence-corrected chi connectivity index (χ3v) is 3.12. The van der Waals surface area contributed by atoms with Gasteiger partial charge in [-0.1, -0.05) is 27.2 Å². The molecular weight excluding hydrogens is 200 g/mol. The van der Waals surface area contributed by atoms with Crippen molar-refractivity contribution in [3.05, 3.63) is 0 Å². The lowest BCUT2D eigenvalue weighted by molar-refractivity contribution is 0.0146. The van der Waals surface area contributed by atoms with Crippen LogP contribution in [0, 0.1) is 5.92 Å². The first-order valence-corrected chi connectivity index (χ1v) is 6.76. The lowest BCUT2D eigenvalue weighted by Gasteiger charge is -2.34. The zero-order valence-corrected chi connectivity index (χ0v) is 11.2. The summed E-state index contributed by atoms with van der Waals surface area (Å²) in [5, 5.41) is 3.58. The molecule has 0 saturated carbocycles. The van der Waals surface area contributed by atoms with E-state index < -0.39 is 0 Å². The van der Waals surface area contributed by atoms with Crippen molar-refractivity contribution in [2.45, 2.75) is 39.7 Å². The summed E-state index contributed by atoms with van der Waals surface area (Å²) in [6.45, 7) is 13.1. The van der Waals surface area contributed by atoms with Crippen molar-refractivity contribution in [1.82, 2.24) is 10.2 Å². The van der Waals surface area contributed by atoms with E-state index in [0.717, 1.165) is 45.3 Å².